The van der Waals surface area contributed by atoms with Crippen LogP contribution in [0.1, 0.15) is 43.9 Å². The van der Waals surface area contributed by atoms with Crippen molar-refractivity contribution in [1.29, 1.82) is 0 Å². The lowest BCUT2D eigenvalue weighted by atomic mass is 9.87. The number of ether oxygens (including phenoxy) is 1. The van der Waals surface area contributed by atoms with Gasteiger partial charge >= 0.3 is 0 Å². The molecular formula is C17H27NOS. The van der Waals surface area contributed by atoms with E-state index in [2.05, 4.69) is 56.2 Å². The molecule has 3 atom stereocenters. The maximum absolute atomic E-state index is 5.39. The van der Waals surface area contributed by atoms with Crippen LogP contribution in [0.15, 0.2) is 18.2 Å². The largest absolute Gasteiger partial charge is 0.497 e. The zero-order valence-electron chi connectivity index (χ0n) is 13.1. The Balaban J connectivity index is 2.14. The fourth-order valence-corrected chi connectivity index (χ4v) is 4.38. The van der Waals surface area contributed by atoms with Crippen molar-refractivity contribution in [2.24, 2.45) is 5.92 Å². The highest BCUT2D eigenvalue weighted by atomic mass is 32.2. The zero-order valence-corrected chi connectivity index (χ0v) is 13.9. The summed E-state index contributed by atoms with van der Waals surface area (Å²) in [6.07, 6.45) is 3.73. The van der Waals surface area contributed by atoms with Crippen molar-refractivity contribution in [3.05, 3.63) is 29.3 Å². The Labute approximate surface area is 127 Å². The second-order valence-electron chi connectivity index (χ2n) is 5.75. The molecule has 2 nitrogen and oxygen atoms in total. The minimum Gasteiger partial charge on any atom is -0.497 e. The number of hydrogen-bond donors (Lipinski definition) is 1. The van der Waals surface area contributed by atoms with Crippen molar-refractivity contribution in [3.8, 4) is 5.75 Å². The Bertz CT molecular complexity index is 435. The summed E-state index contributed by atoms with van der Waals surface area (Å²) < 4.78 is 5.39. The van der Waals surface area contributed by atoms with Crippen molar-refractivity contribution in [2.75, 3.05) is 19.9 Å². The molecule has 0 amide bonds. The zero-order chi connectivity index (χ0) is 14.5. The summed E-state index contributed by atoms with van der Waals surface area (Å²) in [5.74, 6) is 3.04. The average Bonchev–Trinajstić information content (AvgIpc) is 2.51. The molecule has 20 heavy (non-hydrogen) atoms. The SMILES string of the molecule is CCC(C)CSC1CCc2ccc(OC)cc2C1NC. The van der Waals surface area contributed by atoms with E-state index in [9.17, 15) is 0 Å². The predicted molar refractivity (Wildman–Crippen MR) is 88.8 cm³/mol. The highest BCUT2D eigenvalue weighted by Gasteiger charge is 2.29. The molecule has 112 valence electrons. The lowest BCUT2D eigenvalue weighted by Crippen LogP contribution is -2.32. The second kappa shape index (κ2) is 7.37. The minimum absolute atomic E-state index is 0.447. The molecule has 1 aliphatic rings. The van der Waals surface area contributed by atoms with Gasteiger partial charge in [0.25, 0.3) is 0 Å². The van der Waals surface area contributed by atoms with Crippen LogP contribution in [0.2, 0.25) is 0 Å². The number of methoxy groups -OCH3 is 1. The molecule has 0 heterocycles. The number of thioether (sulfide) groups is 1. The van der Waals surface area contributed by atoms with Crippen LogP contribution in [0, 0.1) is 5.92 Å². The van der Waals surface area contributed by atoms with Gasteiger partial charge in [-0.2, -0.15) is 11.8 Å². The Morgan fingerprint density at radius 2 is 2.25 bits per heavy atom. The first-order valence-corrected chi connectivity index (χ1v) is 8.70. The van der Waals surface area contributed by atoms with Crippen molar-refractivity contribution >= 4 is 11.8 Å². The summed E-state index contributed by atoms with van der Waals surface area (Å²) in [4.78, 5) is 0. The first-order valence-electron chi connectivity index (χ1n) is 7.65. The van der Waals surface area contributed by atoms with Crippen LogP contribution in [0.3, 0.4) is 0 Å². The molecule has 0 aliphatic heterocycles. The Morgan fingerprint density at radius 1 is 1.45 bits per heavy atom. The van der Waals surface area contributed by atoms with Crippen LogP contribution in [-0.4, -0.2) is 25.2 Å². The van der Waals surface area contributed by atoms with Gasteiger partial charge in [0.1, 0.15) is 5.75 Å². The van der Waals surface area contributed by atoms with Gasteiger partial charge in [0.15, 0.2) is 0 Å². The van der Waals surface area contributed by atoms with Crippen molar-refractivity contribution < 1.29 is 4.74 Å². The Hall–Kier alpha value is -0.670. The highest BCUT2D eigenvalue weighted by molar-refractivity contribution is 7.99. The Morgan fingerprint density at radius 3 is 2.90 bits per heavy atom. The molecule has 2 rings (SSSR count). The Kier molecular flexibility index (Phi) is 5.79. The van der Waals surface area contributed by atoms with Crippen LogP contribution >= 0.6 is 11.8 Å². The number of benzene rings is 1. The van der Waals surface area contributed by atoms with Crippen LogP contribution in [-0.2, 0) is 6.42 Å². The number of hydrogen-bond acceptors (Lipinski definition) is 3. The van der Waals surface area contributed by atoms with E-state index in [1.165, 1.54) is 36.1 Å². The molecule has 3 heteroatoms. The third-order valence-corrected chi connectivity index (χ3v) is 6.06. The fourth-order valence-electron chi connectivity index (χ4n) is 2.81. The number of rotatable bonds is 6. The van der Waals surface area contributed by atoms with Crippen LogP contribution < -0.4 is 10.1 Å². The summed E-state index contributed by atoms with van der Waals surface area (Å²) >= 11 is 2.14. The molecular weight excluding hydrogens is 266 g/mol. The van der Waals surface area contributed by atoms with Gasteiger partial charge in [0.2, 0.25) is 0 Å². The maximum atomic E-state index is 5.39. The van der Waals surface area contributed by atoms with Gasteiger partial charge < -0.3 is 10.1 Å². The number of fused-ring (bicyclic) bond motifs is 1. The number of aryl methyl sites for hydroxylation is 1. The van der Waals surface area contributed by atoms with E-state index in [1.807, 2.05) is 0 Å². The standard InChI is InChI=1S/C17H27NOS/c1-5-12(2)11-20-16-9-7-13-6-8-14(19-4)10-15(13)17(16)18-3/h6,8,10,12,16-18H,5,7,9,11H2,1-4H3. The summed E-state index contributed by atoms with van der Waals surface area (Å²) in [5.41, 5.74) is 2.91. The van der Waals surface area contributed by atoms with E-state index in [0.717, 1.165) is 11.7 Å². The monoisotopic (exact) mass is 293 g/mol. The minimum atomic E-state index is 0.447. The molecule has 0 aromatic heterocycles. The predicted octanol–water partition coefficient (Wildman–Crippen LogP) is 4.05. The first kappa shape index (κ1) is 15.7. The lowest BCUT2D eigenvalue weighted by Gasteiger charge is -2.34. The molecule has 1 N–H and O–H groups in total. The van der Waals surface area contributed by atoms with Gasteiger partial charge in [-0.15, -0.1) is 0 Å². The normalized spacial score (nSPS) is 23.2. The van der Waals surface area contributed by atoms with Gasteiger partial charge in [0, 0.05) is 11.3 Å². The summed E-state index contributed by atoms with van der Waals surface area (Å²) in [7, 11) is 3.82. The molecule has 0 bridgehead atoms. The molecule has 1 aliphatic carbocycles. The molecule has 1 aromatic carbocycles. The van der Waals surface area contributed by atoms with Crippen molar-refractivity contribution in [1.82, 2.24) is 5.32 Å². The topological polar surface area (TPSA) is 21.3 Å². The van der Waals surface area contributed by atoms with Crippen molar-refractivity contribution in [2.45, 2.75) is 44.4 Å². The van der Waals surface area contributed by atoms with Gasteiger partial charge in [-0.25, -0.2) is 0 Å². The quantitative estimate of drug-likeness (QED) is 0.855. The molecule has 0 fully saturated rings. The van der Waals surface area contributed by atoms with E-state index < -0.39 is 0 Å². The van der Waals surface area contributed by atoms with Gasteiger partial charge in [-0.1, -0.05) is 26.3 Å². The van der Waals surface area contributed by atoms with Crippen molar-refractivity contribution in [3.63, 3.8) is 0 Å². The summed E-state index contributed by atoms with van der Waals surface area (Å²) in [5, 5.41) is 4.20. The maximum Gasteiger partial charge on any atom is 0.119 e. The first-order chi connectivity index (χ1) is 9.69. The van der Waals surface area contributed by atoms with Crippen LogP contribution in [0.25, 0.3) is 0 Å². The molecule has 0 saturated carbocycles. The third-order valence-electron chi connectivity index (χ3n) is 4.36. The molecule has 0 spiro atoms. The van der Waals surface area contributed by atoms with Gasteiger partial charge in [0.05, 0.1) is 7.11 Å². The van der Waals surface area contributed by atoms with Gasteiger partial charge in [-0.3, -0.25) is 0 Å². The molecule has 0 saturated heterocycles. The fraction of sp³-hybridized carbons (Fsp3) is 0.647. The number of nitrogens with one attached hydrogen (secondary N) is 1. The van der Waals surface area contributed by atoms with Crippen LogP contribution in [0.4, 0.5) is 0 Å². The lowest BCUT2D eigenvalue weighted by molar-refractivity contribution is 0.411. The van der Waals surface area contributed by atoms with Gasteiger partial charge in [-0.05, 0) is 54.8 Å². The molecule has 3 unspecified atom stereocenters. The molecule has 1 aromatic rings. The van der Waals surface area contributed by atoms with E-state index >= 15 is 0 Å². The average molecular weight is 293 g/mol. The van der Waals surface area contributed by atoms with E-state index in [4.69, 9.17) is 4.74 Å². The highest BCUT2D eigenvalue weighted by Crippen LogP contribution is 2.39. The molecule has 0 radical (unpaired) electrons. The smallest absolute Gasteiger partial charge is 0.119 e. The summed E-state index contributed by atoms with van der Waals surface area (Å²) in [6, 6.07) is 6.97. The third kappa shape index (κ3) is 3.50. The van der Waals surface area contributed by atoms with E-state index in [1.54, 1.807) is 7.11 Å². The van der Waals surface area contributed by atoms with Crippen LogP contribution in [0.5, 0.6) is 5.75 Å². The van der Waals surface area contributed by atoms with E-state index in [0.29, 0.717) is 11.3 Å². The second-order valence-corrected chi connectivity index (χ2v) is 7.03. The van der Waals surface area contributed by atoms with E-state index in [-0.39, 0.29) is 0 Å². The summed E-state index contributed by atoms with van der Waals surface area (Å²) in [6.45, 7) is 4.63.